The first kappa shape index (κ1) is 14.1. The zero-order valence-electron chi connectivity index (χ0n) is 12.2. The molecule has 0 spiro atoms. The molecule has 0 saturated heterocycles. The maximum absolute atomic E-state index is 11.2. The molecule has 3 aromatic carbocycles. The number of nitrogen functional groups attached to an aromatic ring is 1. The van der Waals surface area contributed by atoms with Gasteiger partial charge in [-0.25, -0.2) is 0 Å². The van der Waals surface area contributed by atoms with E-state index in [9.17, 15) is 4.79 Å². The third kappa shape index (κ3) is 2.91. The number of Topliss-reactive ketones (excluding diaryl/α,β-unsaturated/α-hetero) is 1. The van der Waals surface area contributed by atoms with Crippen LogP contribution < -0.4 is 5.73 Å². The smallest absolute Gasteiger partial charge is 0.167 e. The molecule has 0 aliphatic heterocycles. The van der Waals surface area contributed by atoms with Crippen LogP contribution in [0.2, 0.25) is 0 Å². The second-order valence-corrected chi connectivity index (χ2v) is 5.19. The average molecular weight is 287 g/mol. The summed E-state index contributed by atoms with van der Waals surface area (Å²) in [4.78, 5) is 11.2. The van der Waals surface area contributed by atoms with Gasteiger partial charge < -0.3 is 5.73 Å². The maximum Gasteiger partial charge on any atom is 0.167 e. The Bertz CT molecular complexity index is 844. The summed E-state index contributed by atoms with van der Waals surface area (Å²) in [7, 11) is 0. The number of benzene rings is 3. The van der Waals surface area contributed by atoms with Crippen molar-refractivity contribution < 1.29 is 4.79 Å². The van der Waals surface area contributed by atoms with Gasteiger partial charge in [0, 0.05) is 23.1 Å². The summed E-state index contributed by atoms with van der Waals surface area (Å²) < 4.78 is 0. The number of ketones is 1. The first-order chi connectivity index (χ1) is 10.8. The number of nitrogens with two attached hydrogens (primary N) is 1. The van der Waals surface area contributed by atoms with E-state index in [0.717, 1.165) is 22.2 Å². The molecule has 22 heavy (non-hydrogen) atoms. The molecule has 0 heterocycles. The molecule has 0 atom stereocenters. The first-order valence-electron chi connectivity index (χ1n) is 7.28. The van der Waals surface area contributed by atoms with Crippen molar-refractivity contribution in [1.29, 1.82) is 0 Å². The van der Waals surface area contributed by atoms with Crippen LogP contribution >= 0.6 is 0 Å². The molecule has 108 valence electrons. The van der Waals surface area contributed by atoms with Gasteiger partial charge in [0.15, 0.2) is 5.78 Å². The topological polar surface area (TPSA) is 43.1 Å². The lowest BCUT2D eigenvalue weighted by molar-refractivity contribution is 0.0994. The Kier molecular flexibility index (Phi) is 4.01. The highest BCUT2D eigenvalue weighted by molar-refractivity contribution is 6.02. The third-order valence-corrected chi connectivity index (χ3v) is 3.69. The van der Waals surface area contributed by atoms with Crippen molar-refractivity contribution in [2.24, 2.45) is 0 Å². The van der Waals surface area contributed by atoms with Crippen LogP contribution in [0.1, 0.15) is 22.3 Å². The Morgan fingerprint density at radius 1 is 0.818 bits per heavy atom. The van der Waals surface area contributed by atoms with E-state index < -0.39 is 0 Å². The number of hydrogen-bond donors (Lipinski definition) is 1. The number of fused-ring (bicyclic) bond motifs is 2. The van der Waals surface area contributed by atoms with E-state index in [4.69, 9.17) is 5.73 Å². The summed E-state index contributed by atoms with van der Waals surface area (Å²) in [6.45, 7) is 0. The summed E-state index contributed by atoms with van der Waals surface area (Å²) in [5, 5.41) is 2.34. The van der Waals surface area contributed by atoms with Crippen LogP contribution in [0.15, 0.2) is 72.8 Å². The molecule has 2 nitrogen and oxygen atoms in total. The van der Waals surface area contributed by atoms with E-state index in [0.29, 0.717) is 6.42 Å². The van der Waals surface area contributed by atoms with Gasteiger partial charge in [-0.3, -0.25) is 4.79 Å². The second kappa shape index (κ2) is 6.27. The minimum absolute atomic E-state index is 0.225. The van der Waals surface area contributed by atoms with Crippen LogP contribution in [-0.4, -0.2) is 5.78 Å². The average Bonchev–Trinajstić information content (AvgIpc) is 2.57. The fourth-order valence-electron chi connectivity index (χ4n) is 2.55. The van der Waals surface area contributed by atoms with Crippen LogP contribution in [0.5, 0.6) is 0 Å². The standard InChI is InChI=1S/C10H9N.C10H8O/c2*11-10-7-3-5-8-4-1-2-6-9(8)10/h1-7H,11H2;1-6H,7H2. The number of allylic oxidation sites excluding steroid dienone is 1. The number of carbonyl (C=O) groups is 1. The molecular weight excluding hydrogens is 270 g/mol. The Labute approximate surface area is 129 Å². The quantitative estimate of drug-likeness (QED) is 0.608. The number of carbonyl (C=O) groups excluding carboxylic acids is 1. The highest BCUT2D eigenvalue weighted by Crippen LogP contribution is 2.19. The van der Waals surface area contributed by atoms with E-state index >= 15 is 0 Å². The van der Waals surface area contributed by atoms with E-state index in [2.05, 4.69) is 12.1 Å². The van der Waals surface area contributed by atoms with Crippen molar-refractivity contribution >= 4 is 28.3 Å². The fraction of sp³-hybridized carbons (Fsp3) is 0.0500. The molecule has 0 unspecified atom stereocenters. The first-order valence-corrected chi connectivity index (χ1v) is 7.28. The monoisotopic (exact) mass is 287 g/mol. The lowest BCUT2D eigenvalue weighted by Gasteiger charge is -2.07. The normalized spacial score (nSPS) is 12.5. The van der Waals surface area contributed by atoms with Crippen LogP contribution in [0.3, 0.4) is 0 Å². The summed E-state index contributed by atoms with van der Waals surface area (Å²) in [6, 6.07) is 21.7. The SMILES string of the molecule is Nc1cccc2ccccc12.O=C1CC=Cc2ccccc21. The van der Waals surface area contributed by atoms with Gasteiger partial charge in [0.25, 0.3) is 0 Å². The van der Waals surface area contributed by atoms with Crippen LogP contribution in [0.4, 0.5) is 5.69 Å². The van der Waals surface area contributed by atoms with Gasteiger partial charge >= 0.3 is 0 Å². The molecule has 0 radical (unpaired) electrons. The van der Waals surface area contributed by atoms with Gasteiger partial charge in [-0.05, 0) is 17.0 Å². The van der Waals surface area contributed by atoms with Gasteiger partial charge in [-0.2, -0.15) is 0 Å². The van der Waals surface area contributed by atoms with Crippen LogP contribution in [0, 0.1) is 0 Å². The summed E-state index contributed by atoms with van der Waals surface area (Å²) >= 11 is 0. The Hall–Kier alpha value is -2.87. The molecule has 2 heteroatoms. The Morgan fingerprint density at radius 3 is 2.36 bits per heavy atom. The molecule has 4 rings (SSSR count). The molecule has 0 fully saturated rings. The van der Waals surface area contributed by atoms with Gasteiger partial charge in [0.1, 0.15) is 0 Å². The van der Waals surface area contributed by atoms with Gasteiger partial charge in [-0.15, -0.1) is 0 Å². The zero-order chi connectivity index (χ0) is 15.4. The van der Waals surface area contributed by atoms with Gasteiger partial charge in [0.05, 0.1) is 0 Å². The molecule has 0 amide bonds. The molecule has 2 N–H and O–H groups in total. The summed E-state index contributed by atoms with van der Waals surface area (Å²) in [5.41, 5.74) is 8.51. The molecule has 1 aliphatic rings. The van der Waals surface area contributed by atoms with Crippen molar-refractivity contribution in [2.45, 2.75) is 6.42 Å². The fourth-order valence-corrected chi connectivity index (χ4v) is 2.55. The lowest BCUT2D eigenvalue weighted by atomic mass is 9.97. The molecular formula is C20H17NO. The van der Waals surface area contributed by atoms with Crippen molar-refractivity contribution in [3.8, 4) is 0 Å². The van der Waals surface area contributed by atoms with E-state index in [1.54, 1.807) is 0 Å². The van der Waals surface area contributed by atoms with Gasteiger partial charge in [-0.1, -0.05) is 72.8 Å². The van der Waals surface area contributed by atoms with Crippen molar-refractivity contribution in [1.82, 2.24) is 0 Å². The Morgan fingerprint density at radius 2 is 1.55 bits per heavy atom. The summed E-state index contributed by atoms with van der Waals surface area (Å²) in [5.74, 6) is 0.225. The van der Waals surface area contributed by atoms with Crippen molar-refractivity contribution in [2.75, 3.05) is 5.73 Å². The minimum Gasteiger partial charge on any atom is -0.398 e. The third-order valence-electron chi connectivity index (χ3n) is 3.69. The number of rotatable bonds is 0. The van der Waals surface area contributed by atoms with Crippen LogP contribution in [0.25, 0.3) is 16.8 Å². The predicted octanol–water partition coefficient (Wildman–Crippen LogP) is 4.71. The van der Waals surface area contributed by atoms with E-state index in [1.165, 1.54) is 5.39 Å². The van der Waals surface area contributed by atoms with Gasteiger partial charge in [0.2, 0.25) is 0 Å². The molecule has 0 aromatic heterocycles. The second-order valence-electron chi connectivity index (χ2n) is 5.19. The number of anilines is 1. The highest BCUT2D eigenvalue weighted by Gasteiger charge is 2.10. The highest BCUT2D eigenvalue weighted by atomic mass is 16.1. The largest absolute Gasteiger partial charge is 0.398 e. The molecule has 3 aromatic rings. The van der Waals surface area contributed by atoms with Crippen LogP contribution in [-0.2, 0) is 0 Å². The minimum atomic E-state index is 0.225. The number of hydrogen-bond acceptors (Lipinski definition) is 2. The van der Waals surface area contributed by atoms with Crippen molar-refractivity contribution in [3.05, 3.63) is 83.9 Å². The Balaban J connectivity index is 0.000000131. The van der Waals surface area contributed by atoms with Crippen molar-refractivity contribution in [3.63, 3.8) is 0 Å². The predicted molar refractivity (Wildman–Crippen MR) is 92.8 cm³/mol. The molecule has 0 bridgehead atoms. The lowest BCUT2D eigenvalue weighted by Crippen LogP contribution is -2.02. The molecule has 0 saturated carbocycles. The van der Waals surface area contributed by atoms with E-state index in [-0.39, 0.29) is 5.78 Å². The molecule has 1 aliphatic carbocycles. The van der Waals surface area contributed by atoms with E-state index in [1.807, 2.05) is 66.7 Å². The maximum atomic E-state index is 11.2. The zero-order valence-corrected chi connectivity index (χ0v) is 12.2. The summed E-state index contributed by atoms with van der Waals surface area (Å²) in [6.07, 6.45) is 4.46.